The zero-order chi connectivity index (χ0) is 14.0. The van der Waals surface area contributed by atoms with E-state index in [0.29, 0.717) is 17.5 Å². The number of benzene rings is 1. The third-order valence-electron chi connectivity index (χ3n) is 5.77. The molecule has 1 aromatic heterocycles. The Morgan fingerprint density at radius 2 is 2.24 bits per heavy atom. The maximum atomic E-state index is 12.6. The number of aromatic amines is 1. The van der Waals surface area contributed by atoms with E-state index < -0.39 is 0 Å². The van der Waals surface area contributed by atoms with Crippen LogP contribution < -0.4 is 5.32 Å². The topological polar surface area (TPSA) is 48.1 Å². The van der Waals surface area contributed by atoms with Crippen molar-refractivity contribution in [1.82, 2.24) is 15.2 Å². The summed E-state index contributed by atoms with van der Waals surface area (Å²) >= 11 is 0. The molecule has 3 atom stereocenters. The van der Waals surface area contributed by atoms with Crippen LogP contribution in [0.15, 0.2) is 30.5 Å². The summed E-state index contributed by atoms with van der Waals surface area (Å²) in [5.41, 5.74) is 2.11. The summed E-state index contributed by atoms with van der Waals surface area (Å²) in [7, 11) is 0. The molecule has 2 aromatic rings. The van der Waals surface area contributed by atoms with Gasteiger partial charge in [-0.3, -0.25) is 9.69 Å². The highest BCUT2D eigenvalue weighted by Gasteiger charge is 2.63. The SMILES string of the molecule is O=C(N[C@@H]1C2CCN(C2)C12CC2)c1ccc2cc[nH]c2c1. The van der Waals surface area contributed by atoms with E-state index in [0.717, 1.165) is 16.5 Å². The standard InChI is InChI=1S/C17H19N3O/c21-16(12-2-1-11-3-7-18-14(11)9-12)19-15-13-4-8-20(10-13)17(15)5-6-17/h1-3,7,9,13,15,18H,4-6,8,10H2,(H,19,21)/t13?,15-/m1/s1. The van der Waals surface area contributed by atoms with Crippen LogP contribution in [-0.2, 0) is 0 Å². The summed E-state index contributed by atoms with van der Waals surface area (Å²) in [4.78, 5) is 18.4. The van der Waals surface area contributed by atoms with Crippen molar-refractivity contribution in [3.05, 3.63) is 36.0 Å². The molecule has 2 aliphatic heterocycles. The zero-order valence-corrected chi connectivity index (χ0v) is 11.9. The van der Waals surface area contributed by atoms with Crippen LogP contribution in [0.1, 0.15) is 29.6 Å². The van der Waals surface area contributed by atoms with Crippen LogP contribution in [0.5, 0.6) is 0 Å². The third-order valence-corrected chi connectivity index (χ3v) is 5.77. The lowest BCUT2D eigenvalue weighted by Crippen LogP contribution is -2.51. The normalized spacial score (nSPS) is 31.9. The highest BCUT2D eigenvalue weighted by Crippen LogP contribution is 2.55. The number of H-pyrrole nitrogens is 1. The summed E-state index contributed by atoms with van der Waals surface area (Å²) in [6, 6.07) is 8.28. The summed E-state index contributed by atoms with van der Waals surface area (Å²) in [5, 5.41) is 4.49. The maximum Gasteiger partial charge on any atom is 0.251 e. The average Bonchev–Trinajstić information content (AvgIpc) is 2.91. The van der Waals surface area contributed by atoms with Crippen LogP contribution in [0.25, 0.3) is 10.9 Å². The molecule has 3 fully saturated rings. The van der Waals surface area contributed by atoms with E-state index in [1.54, 1.807) is 0 Å². The number of hydrogen-bond donors (Lipinski definition) is 2. The minimum absolute atomic E-state index is 0.0801. The van der Waals surface area contributed by atoms with Crippen LogP contribution in [0.4, 0.5) is 0 Å². The van der Waals surface area contributed by atoms with Gasteiger partial charge in [-0.05, 0) is 55.3 Å². The van der Waals surface area contributed by atoms with Crippen LogP contribution >= 0.6 is 0 Å². The number of aromatic nitrogens is 1. The quantitative estimate of drug-likeness (QED) is 0.886. The lowest BCUT2D eigenvalue weighted by atomic mass is 9.91. The minimum atomic E-state index is 0.0801. The van der Waals surface area contributed by atoms with Gasteiger partial charge in [0.05, 0.1) is 6.04 Å². The molecule has 21 heavy (non-hydrogen) atoms. The Kier molecular flexibility index (Phi) is 2.19. The van der Waals surface area contributed by atoms with Crippen molar-refractivity contribution < 1.29 is 4.79 Å². The van der Waals surface area contributed by atoms with E-state index in [-0.39, 0.29) is 5.91 Å². The smallest absolute Gasteiger partial charge is 0.251 e. The van der Waals surface area contributed by atoms with Gasteiger partial charge in [0.15, 0.2) is 0 Å². The Bertz CT molecular complexity index is 730. The van der Waals surface area contributed by atoms with Crippen LogP contribution in [0.2, 0.25) is 0 Å². The van der Waals surface area contributed by atoms with Crippen LogP contribution in [0, 0.1) is 5.92 Å². The molecule has 4 nitrogen and oxygen atoms in total. The summed E-state index contributed by atoms with van der Waals surface area (Å²) in [6.45, 7) is 2.41. The van der Waals surface area contributed by atoms with E-state index in [4.69, 9.17) is 0 Å². The van der Waals surface area contributed by atoms with Crippen LogP contribution in [0.3, 0.4) is 0 Å². The molecule has 3 heterocycles. The van der Waals surface area contributed by atoms with Gasteiger partial charge in [0.1, 0.15) is 0 Å². The Morgan fingerprint density at radius 3 is 3.10 bits per heavy atom. The number of fused-ring (bicyclic) bond motifs is 4. The predicted molar refractivity (Wildman–Crippen MR) is 81.2 cm³/mol. The second-order valence-corrected chi connectivity index (χ2v) is 6.83. The van der Waals surface area contributed by atoms with Gasteiger partial charge in [-0.2, -0.15) is 0 Å². The largest absolute Gasteiger partial charge is 0.361 e. The number of amides is 1. The number of piperidine rings is 1. The number of nitrogens with one attached hydrogen (secondary N) is 2. The average molecular weight is 281 g/mol. The maximum absolute atomic E-state index is 12.6. The highest BCUT2D eigenvalue weighted by atomic mass is 16.1. The molecule has 108 valence electrons. The van der Waals surface area contributed by atoms with Gasteiger partial charge in [0, 0.05) is 29.4 Å². The molecule has 1 amide bonds. The van der Waals surface area contributed by atoms with E-state index in [9.17, 15) is 4.79 Å². The first-order chi connectivity index (χ1) is 10.3. The highest BCUT2D eigenvalue weighted by molar-refractivity contribution is 5.98. The van der Waals surface area contributed by atoms with Gasteiger partial charge in [0.2, 0.25) is 0 Å². The molecule has 5 rings (SSSR count). The second-order valence-electron chi connectivity index (χ2n) is 6.83. The molecule has 0 radical (unpaired) electrons. The van der Waals surface area contributed by atoms with Crippen molar-refractivity contribution in [3.8, 4) is 0 Å². The lowest BCUT2D eigenvalue weighted by Gasteiger charge is -2.33. The van der Waals surface area contributed by atoms with Crippen molar-refractivity contribution >= 4 is 16.8 Å². The molecule has 1 spiro atoms. The molecule has 4 heteroatoms. The summed E-state index contributed by atoms with van der Waals surface area (Å²) < 4.78 is 0. The Hall–Kier alpha value is -1.81. The van der Waals surface area contributed by atoms with E-state index in [1.807, 2.05) is 30.5 Å². The molecule has 2 N–H and O–H groups in total. The lowest BCUT2D eigenvalue weighted by molar-refractivity contribution is 0.0892. The third kappa shape index (κ3) is 1.57. The van der Waals surface area contributed by atoms with Gasteiger partial charge in [0.25, 0.3) is 5.91 Å². The number of hydrogen-bond acceptors (Lipinski definition) is 2. The fourth-order valence-corrected chi connectivity index (χ4v) is 4.52. The first-order valence-corrected chi connectivity index (χ1v) is 7.89. The van der Waals surface area contributed by atoms with Crippen molar-refractivity contribution in [3.63, 3.8) is 0 Å². The molecule has 2 unspecified atom stereocenters. The monoisotopic (exact) mass is 281 g/mol. The molecule has 3 aliphatic rings. The summed E-state index contributed by atoms with van der Waals surface area (Å²) in [5.74, 6) is 0.738. The fourth-order valence-electron chi connectivity index (χ4n) is 4.52. The van der Waals surface area contributed by atoms with Gasteiger partial charge in [-0.15, -0.1) is 0 Å². The minimum Gasteiger partial charge on any atom is -0.361 e. The van der Waals surface area contributed by atoms with Gasteiger partial charge in [-0.1, -0.05) is 6.07 Å². The molecule has 1 saturated carbocycles. The number of carbonyl (C=O) groups is 1. The molecule has 1 aromatic carbocycles. The first-order valence-electron chi connectivity index (χ1n) is 7.89. The zero-order valence-electron chi connectivity index (χ0n) is 11.9. The van der Waals surface area contributed by atoms with Crippen molar-refractivity contribution in [2.24, 2.45) is 5.92 Å². The Morgan fingerprint density at radius 1 is 1.33 bits per heavy atom. The number of rotatable bonds is 2. The number of carbonyl (C=O) groups excluding carboxylic acids is 1. The number of nitrogens with zero attached hydrogens (tertiary/aromatic N) is 1. The molecular formula is C17H19N3O. The van der Waals surface area contributed by atoms with Crippen molar-refractivity contribution in [2.45, 2.75) is 30.8 Å². The van der Waals surface area contributed by atoms with Crippen LogP contribution in [-0.4, -0.2) is 40.5 Å². The van der Waals surface area contributed by atoms with Gasteiger partial charge < -0.3 is 10.3 Å². The molecular weight excluding hydrogens is 262 g/mol. The molecule has 1 aliphatic carbocycles. The van der Waals surface area contributed by atoms with Crippen molar-refractivity contribution in [2.75, 3.05) is 13.1 Å². The van der Waals surface area contributed by atoms with Gasteiger partial charge in [-0.25, -0.2) is 0 Å². The van der Waals surface area contributed by atoms with Crippen molar-refractivity contribution in [1.29, 1.82) is 0 Å². The summed E-state index contributed by atoms with van der Waals surface area (Å²) in [6.07, 6.45) is 5.66. The second kappa shape index (κ2) is 3.89. The van der Waals surface area contributed by atoms with E-state index >= 15 is 0 Å². The molecule has 2 saturated heterocycles. The van der Waals surface area contributed by atoms with E-state index in [1.165, 1.54) is 32.4 Å². The van der Waals surface area contributed by atoms with E-state index in [2.05, 4.69) is 15.2 Å². The Labute approximate surface area is 123 Å². The first kappa shape index (κ1) is 11.8. The molecule has 2 bridgehead atoms. The fraction of sp³-hybridized carbons (Fsp3) is 0.471. The predicted octanol–water partition coefficient (Wildman–Crippen LogP) is 2.13. The van der Waals surface area contributed by atoms with Gasteiger partial charge >= 0.3 is 0 Å². The Balaban J connectivity index is 1.42.